The summed E-state index contributed by atoms with van der Waals surface area (Å²) in [7, 11) is 0. The third-order valence-corrected chi connectivity index (χ3v) is 4.32. The first-order valence-electron chi connectivity index (χ1n) is 7.85. The van der Waals surface area contributed by atoms with Crippen molar-refractivity contribution >= 4 is 17.5 Å². The molecule has 0 saturated carbocycles. The molecule has 5 nitrogen and oxygen atoms in total. The van der Waals surface area contributed by atoms with Gasteiger partial charge in [0.25, 0.3) is 0 Å². The molecule has 1 fully saturated rings. The average molecular weight is 338 g/mol. The van der Waals surface area contributed by atoms with E-state index >= 15 is 0 Å². The van der Waals surface area contributed by atoms with Crippen LogP contribution < -0.4 is 5.32 Å². The number of hydrogen-bond acceptors (Lipinski definition) is 4. The lowest BCUT2D eigenvalue weighted by molar-refractivity contribution is -0.122. The molecule has 1 aromatic carbocycles. The predicted molar refractivity (Wildman–Crippen MR) is 92.5 cm³/mol. The van der Waals surface area contributed by atoms with E-state index in [4.69, 9.17) is 11.6 Å². The maximum absolute atomic E-state index is 11.7. The van der Waals surface area contributed by atoms with Crippen molar-refractivity contribution < 1.29 is 9.90 Å². The molecule has 1 atom stereocenters. The van der Waals surface area contributed by atoms with Crippen molar-refractivity contribution in [2.45, 2.75) is 6.10 Å². The highest BCUT2D eigenvalue weighted by molar-refractivity contribution is 6.31. The molecule has 126 valence electrons. The van der Waals surface area contributed by atoms with Crippen LogP contribution in [0.1, 0.15) is 11.7 Å². The molecule has 0 aliphatic carbocycles. The van der Waals surface area contributed by atoms with Crippen LogP contribution >= 0.6 is 11.6 Å². The number of amides is 1. The third kappa shape index (κ3) is 5.62. The van der Waals surface area contributed by atoms with Gasteiger partial charge in [-0.15, -0.1) is 6.58 Å². The van der Waals surface area contributed by atoms with Crippen molar-refractivity contribution in [2.24, 2.45) is 0 Å². The van der Waals surface area contributed by atoms with Gasteiger partial charge in [-0.1, -0.05) is 35.9 Å². The minimum absolute atomic E-state index is 0.0226. The number of benzene rings is 1. The molecule has 1 heterocycles. The molecule has 2 rings (SSSR count). The van der Waals surface area contributed by atoms with Gasteiger partial charge in [0.1, 0.15) is 0 Å². The Kier molecular flexibility index (Phi) is 7.05. The number of hydrogen-bond donors (Lipinski definition) is 2. The second kappa shape index (κ2) is 9.03. The maximum atomic E-state index is 11.7. The van der Waals surface area contributed by atoms with Gasteiger partial charge in [0.05, 0.1) is 12.6 Å². The number of halogens is 1. The second-order valence-corrected chi connectivity index (χ2v) is 6.11. The van der Waals surface area contributed by atoms with Crippen molar-refractivity contribution in [1.29, 1.82) is 0 Å². The number of aliphatic hydroxyl groups is 1. The summed E-state index contributed by atoms with van der Waals surface area (Å²) < 4.78 is 0. The Morgan fingerprint density at radius 3 is 2.61 bits per heavy atom. The van der Waals surface area contributed by atoms with Gasteiger partial charge in [0, 0.05) is 49.9 Å². The largest absolute Gasteiger partial charge is 0.387 e. The SMILES string of the molecule is C=CCNC(=O)CN1CCN(C[C@H](O)c2ccccc2Cl)CC1. The number of nitrogens with zero attached hydrogens (tertiary/aromatic N) is 2. The molecule has 0 radical (unpaired) electrons. The van der Waals surface area contributed by atoms with Gasteiger partial charge in [0.15, 0.2) is 0 Å². The fraction of sp³-hybridized carbons (Fsp3) is 0.471. The molecule has 0 unspecified atom stereocenters. The van der Waals surface area contributed by atoms with Gasteiger partial charge < -0.3 is 10.4 Å². The van der Waals surface area contributed by atoms with Crippen molar-refractivity contribution in [3.63, 3.8) is 0 Å². The van der Waals surface area contributed by atoms with E-state index in [1.807, 2.05) is 18.2 Å². The molecule has 1 aromatic rings. The molecule has 1 aliphatic rings. The Labute approximate surface area is 142 Å². The van der Waals surface area contributed by atoms with Crippen molar-refractivity contribution in [2.75, 3.05) is 45.8 Å². The van der Waals surface area contributed by atoms with E-state index < -0.39 is 6.10 Å². The van der Waals surface area contributed by atoms with Crippen LogP contribution in [0.2, 0.25) is 5.02 Å². The third-order valence-electron chi connectivity index (χ3n) is 3.97. The predicted octanol–water partition coefficient (Wildman–Crippen LogP) is 1.29. The zero-order valence-electron chi connectivity index (χ0n) is 13.2. The van der Waals surface area contributed by atoms with Gasteiger partial charge >= 0.3 is 0 Å². The number of aliphatic hydroxyl groups excluding tert-OH is 1. The van der Waals surface area contributed by atoms with Gasteiger partial charge in [-0.05, 0) is 6.07 Å². The monoisotopic (exact) mass is 337 g/mol. The molecular formula is C17H24ClN3O2. The van der Waals surface area contributed by atoms with E-state index in [2.05, 4.69) is 21.7 Å². The van der Waals surface area contributed by atoms with Crippen LogP contribution in [0, 0.1) is 0 Å². The second-order valence-electron chi connectivity index (χ2n) is 5.71. The van der Waals surface area contributed by atoms with Gasteiger partial charge in [-0.2, -0.15) is 0 Å². The van der Waals surface area contributed by atoms with E-state index in [1.165, 1.54) is 0 Å². The molecule has 23 heavy (non-hydrogen) atoms. The molecular weight excluding hydrogens is 314 g/mol. The Morgan fingerprint density at radius 2 is 1.96 bits per heavy atom. The highest BCUT2D eigenvalue weighted by atomic mass is 35.5. The zero-order valence-corrected chi connectivity index (χ0v) is 14.0. The van der Waals surface area contributed by atoms with Crippen LogP contribution in [0.4, 0.5) is 0 Å². The van der Waals surface area contributed by atoms with Gasteiger partial charge in [0.2, 0.25) is 5.91 Å². The molecule has 1 aliphatic heterocycles. The van der Waals surface area contributed by atoms with E-state index in [1.54, 1.807) is 12.1 Å². The quantitative estimate of drug-likeness (QED) is 0.736. The summed E-state index contributed by atoms with van der Waals surface area (Å²) in [5.41, 5.74) is 0.764. The van der Waals surface area contributed by atoms with E-state index in [-0.39, 0.29) is 5.91 Å². The summed E-state index contributed by atoms with van der Waals surface area (Å²) >= 11 is 6.12. The number of rotatable bonds is 7. The van der Waals surface area contributed by atoms with Crippen LogP contribution in [0.25, 0.3) is 0 Å². The summed E-state index contributed by atoms with van der Waals surface area (Å²) in [5.74, 6) is 0.0226. The van der Waals surface area contributed by atoms with E-state index in [0.717, 1.165) is 31.7 Å². The van der Waals surface area contributed by atoms with Crippen LogP contribution in [-0.2, 0) is 4.79 Å². The lowest BCUT2D eigenvalue weighted by Gasteiger charge is -2.35. The zero-order chi connectivity index (χ0) is 16.7. The Bertz CT molecular complexity index is 530. The molecule has 0 bridgehead atoms. The summed E-state index contributed by atoms with van der Waals surface area (Å²) in [6.45, 7) is 8.34. The molecule has 6 heteroatoms. The first-order chi connectivity index (χ1) is 11.1. The Morgan fingerprint density at radius 1 is 1.30 bits per heavy atom. The number of carbonyl (C=O) groups excluding carboxylic acids is 1. The fourth-order valence-electron chi connectivity index (χ4n) is 2.66. The molecule has 0 aromatic heterocycles. The standard InChI is InChI=1S/C17H24ClN3O2/c1-2-7-19-17(23)13-21-10-8-20(9-11-21)12-16(22)14-5-3-4-6-15(14)18/h2-6,16,22H,1,7-13H2,(H,19,23)/t16-/m0/s1. The van der Waals surface area contributed by atoms with Crippen molar-refractivity contribution in [3.8, 4) is 0 Å². The number of piperazine rings is 1. The fourth-order valence-corrected chi connectivity index (χ4v) is 2.92. The minimum Gasteiger partial charge on any atom is -0.387 e. The first kappa shape index (κ1) is 17.9. The smallest absolute Gasteiger partial charge is 0.234 e. The summed E-state index contributed by atoms with van der Waals surface area (Å²) in [4.78, 5) is 16.0. The number of β-amino-alcohol motifs (C(OH)–C–C–N with tert-alkyl or cyclic N) is 1. The van der Waals surface area contributed by atoms with Crippen molar-refractivity contribution in [1.82, 2.24) is 15.1 Å². The molecule has 2 N–H and O–H groups in total. The number of carbonyl (C=O) groups is 1. The van der Waals surface area contributed by atoms with E-state index in [0.29, 0.717) is 24.7 Å². The average Bonchev–Trinajstić information content (AvgIpc) is 2.55. The lowest BCUT2D eigenvalue weighted by Crippen LogP contribution is -2.50. The molecule has 0 spiro atoms. The first-order valence-corrected chi connectivity index (χ1v) is 8.22. The molecule has 1 amide bonds. The van der Waals surface area contributed by atoms with Crippen LogP contribution in [0.3, 0.4) is 0 Å². The van der Waals surface area contributed by atoms with E-state index in [9.17, 15) is 9.90 Å². The van der Waals surface area contributed by atoms with Gasteiger partial charge in [-0.3, -0.25) is 14.6 Å². The van der Waals surface area contributed by atoms with Crippen LogP contribution in [-0.4, -0.2) is 66.6 Å². The summed E-state index contributed by atoms with van der Waals surface area (Å²) in [6, 6.07) is 7.38. The van der Waals surface area contributed by atoms with Crippen molar-refractivity contribution in [3.05, 3.63) is 47.5 Å². The lowest BCUT2D eigenvalue weighted by atomic mass is 10.1. The maximum Gasteiger partial charge on any atom is 0.234 e. The summed E-state index contributed by atoms with van der Waals surface area (Å²) in [6.07, 6.45) is 1.08. The minimum atomic E-state index is -0.592. The van der Waals surface area contributed by atoms with Crippen LogP contribution in [0.15, 0.2) is 36.9 Å². The number of nitrogens with one attached hydrogen (secondary N) is 1. The molecule has 1 saturated heterocycles. The Hall–Kier alpha value is -1.40. The summed E-state index contributed by atoms with van der Waals surface area (Å²) in [5, 5.41) is 13.7. The highest BCUT2D eigenvalue weighted by Gasteiger charge is 2.21. The Balaban J connectivity index is 1.75. The normalized spacial score (nSPS) is 17.7. The van der Waals surface area contributed by atoms with Gasteiger partial charge in [-0.25, -0.2) is 0 Å². The highest BCUT2D eigenvalue weighted by Crippen LogP contribution is 2.23. The van der Waals surface area contributed by atoms with Crippen LogP contribution in [0.5, 0.6) is 0 Å². The topological polar surface area (TPSA) is 55.8 Å².